The van der Waals surface area contributed by atoms with Crippen LogP contribution in [0.5, 0.6) is 0 Å². The number of rotatable bonds is 1. The van der Waals surface area contributed by atoms with Crippen molar-refractivity contribution in [2.75, 3.05) is 0 Å². The van der Waals surface area contributed by atoms with Crippen LogP contribution >= 0.6 is 0 Å². The second-order valence-electron chi connectivity index (χ2n) is 2.15. The zero-order valence-electron chi connectivity index (χ0n) is 6.24. The third-order valence-electron chi connectivity index (χ3n) is 1.35. The molecule has 0 saturated carbocycles. The molecule has 12 heavy (non-hydrogen) atoms. The molecule has 0 aromatic heterocycles. The first kappa shape index (κ1) is 8.15. The number of nitrogens with two attached hydrogens (primary N) is 1. The minimum Gasteiger partial charge on any atom is -0.478 e. The summed E-state index contributed by atoms with van der Waals surface area (Å²) in [5.41, 5.74) is 5.94. The van der Waals surface area contributed by atoms with Gasteiger partial charge >= 0.3 is 5.97 Å². The Kier molecular flexibility index (Phi) is 2.34. The quantitative estimate of drug-likeness (QED) is 0.469. The van der Waals surface area contributed by atoms with Gasteiger partial charge in [0.25, 0.3) is 0 Å². The molecular weight excluding hydrogens is 154 g/mol. The Morgan fingerprint density at radius 1 is 1.33 bits per heavy atom. The van der Waals surface area contributed by atoms with Gasteiger partial charge in [0.05, 0.1) is 5.56 Å². The Bertz CT molecular complexity index is 343. The summed E-state index contributed by atoms with van der Waals surface area (Å²) in [6, 6.07) is 8.44. The third kappa shape index (κ3) is 1.77. The van der Waals surface area contributed by atoms with Crippen molar-refractivity contribution in [3.8, 4) is 12.0 Å². The number of aromatic carboxylic acids is 1. The van der Waals surface area contributed by atoms with E-state index in [-0.39, 0.29) is 5.56 Å². The summed E-state index contributed by atoms with van der Waals surface area (Å²) in [5.74, 6) is 1.67. The van der Waals surface area contributed by atoms with Crippen molar-refractivity contribution in [2.45, 2.75) is 0 Å². The zero-order valence-corrected chi connectivity index (χ0v) is 6.24. The highest BCUT2D eigenvalue weighted by molar-refractivity contribution is 5.87. The molecule has 1 aromatic rings. The average Bonchev–Trinajstić information content (AvgIpc) is 2.06. The summed E-state index contributed by atoms with van der Waals surface area (Å²) in [7, 11) is 0. The number of carboxylic acid groups (broad SMARTS) is 1. The van der Waals surface area contributed by atoms with Gasteiger partial charge in [-0.25, -0.2) is 4.79 Å². The number of carboxylic acids is 1. The fourth-order valence-corrected chi connectivity index (χ4v) is 0.779. The zero-order chi connectivity index (χ0) is 8.97. The van der Waals surface area contributed by atoms with Crippen molar-refractivity contribution < 1.29 is 9.90 Å². The number of hydrogen-bond donors (Lipinski definition) is 2. The van der Waals surface area contributed by atoms with E-state index in [0.29, 0.717) is 5.56 Å². The van der Waals surface area contributed by atoms with Crippen LogP contribution in [0.3, 0.4) is 0 Å². The van der Waals surface area contributed by atoms with E-state index in [9.17, 15) is 4.79 Å². The molecule has 0 unspecified atom stereocenters. The lowest BCUT2D eigenvalue weighted by atomic mass is 10.1. The first-order chi connectivity index (χ1) is 5.74. The van der Waals surface area contributed by atoms with Gasteiger partial charge in [-0.3, -0.25) is 0 Å². The van der Waals surface area contributed by atoms with E-state index in [1.54, 1.807) is 12.1 Å². The van der Waals surface area contributed by atoms with Crippen LogP contribution in [-0.4, -0.2) is 11.1 Å². The highest BCUT2D eigenvalue weighted by Crippen LogP contribution is 2.02. The molecule has 0 aliphatic heterocycles. The predicted octanol–water partition coefficient (Wildman–Crippen LogP) is 0.653. The minimum atomic E-state index is -0.942. The molecule has 0 amide bonds. The normalized spacial score (nSPS) is 8.33. The summed E-state index contributed by atoms with van der Waals surface area (Å²) >= 11 is 0. The van der Waals surface area contributed by atoms with Crippen LogP contribution in [0.2, 0.25) is 0 Å². The molecule has 0 heterocycles. The van der Waals surface area contributed by atoms with Gasteiger partial charge in [-0.2, -0.15) is 0 Å². The summed E-state index contributed by atoms with van der Waals surface area (Å²) in [5, 5.41) is 8.54. The van der Waals surface area contributed by atoms with Crippen LogP contribution in [0.4, 0.5) is 0 Å². The summed E-state index contributed by atoms with van der Waals surface area (Å²) in [6.07, 6.45) is 0. The molecule has 3 N–H and O–H groups in total. The summed E-state index contributed by atoms with van der Waals surface area (Å²) in [4.78, 5) is 10.4. The molecule has 0 atom stereocenters. The van der Waals surface area contributed by atoms with Gasteiger partial charge in [0.2, 0.25) is 0 Å². The van der Waals surface area contributed by atoms with Crippen molar-refractivity contribution in [2.24, 2.45) is 5.73 Å². The molecule has 0 radical (unpaired) electrons. The van der Waals surface area contributed by atoms with Crippen LogP contribution in [0.15, 0.2) is 24.3 Å². The number of benzene rings is 1. The second kappa shape index (κ2) is 3.44. The largest absolute Gasteiger partial charge is 0.478 e. The highest BCUT2D eigenvalue weighted by atomic mass is 16.4. The standard InChI is InChI=1S/C9H7NO2/c10-6-5-7-1-3-8(4-2-7)9(11)12/h1-4H,10H2,(H,11,12). The van der Waals surface area contributed by atoms with E-state index in [2.05, 4.69) is 12.0 Å². The van der Waals surface area contributed by atoms with Crippen LogP contribution in [-0.2, 0) is 0 Å². The molecule has 60 valence electrons. The SMILES string of the molecule is NC#Cc1ccc(C(=O)O)cc1. The van der Waals surface area contributed by atoms with Crippen molar-refractivity contribution in [1.29, 1.82) is 0 Å². The lowest BCUT2D eigenvalue weighted by molar-refractivity contribution is 0.0697. The summed E-state index contributed by atoms with van der Waals surface area (Å²) in [6.45, 7) is 0. The molecule has 0 spiro atoms. The van der Waals surface area contributed by atoms with Crippen molar-refractivity contribution in [3.63, 3.8) is 0 Å². The van der Waals surface area contributed by atoms with Gasteiger partial charge in [0.1, 0.15) is 0 Å². The Hall–Kier alpha value is -1.95. The fourth-order valence-electron chi connectivity index (χ4n) is 0.779. The molecule has 3 nitrogen and oxygen atoms in total. The second-order valence-corrected chi connectivity index (χ2v) is 2.15. The van der Waals surface area contributed by atoms with E-state index < -0.39 is 5.97 Å². The van der Waals surface area contributed by atoms with Gasteiger partial charge in [-0.1, -0.05) is 0 Å². The monoisotopic (exact) mass is 161 g/mol. The predicted molar refractivity (Wildman–Crippen MR) is 44.5 cm³/mol. The topological polar surface area (TPSA) is 63.3 Å². The van der Waals surface area contributed by atoms with Crippen molar-refractivity contribution >= 4 is 5.97 Å². The Morgan fingerprint density at radius 2 is 1.92 bits per heavy atom. The smallest absolute Gasteiger partial charge is 0.335 e. The molecular formula is C9H7NO2. The van der Waals surface area contributed by atoms with Crippen LogP contribution in [0, 0.1) is 12.0 Å². The molecule has 0 bridgehead atoms. The van der Waals surface area contributed by atoms with E-state index in [0.717, 1.165) is 0 Å². The first-order valence-electron chi connectivity index (χ1n) is 3.29. The molecule has 3 heteroatoms. The van der Waals surface area contributed by atoms with Crippen LogP contribution < -0.4 is 5.73 Å². The molecule has 1 aromatic carbocycles. The lowest BCUT2D eigenvalue weighted by Gasteiger charge is -1.92. The van der Waals surface area contributed by atoms with E-state index in [4.69, 9.17) is 10.8 Å². The minimum absolute atomic E-state index is 0.248. The Balaban J connectivity index is 2.98. The van der Waals surface area contributed by atoms with Crippen LogP contribution in [0.1, 0.15) is 15.9 Å². The molecule has 1 rings (SSSR count). The number of carbonyl (C=O) groups is 1. The van der Waals surface area contributed by atoms with Gasteiger partial charge in [0, 0.05) is 11.6 Å². The molecule has 0 fully saturated rings. The van der Waals surface area contributed by atoms with Crippen molar-refractivity contribution in [1.82, 2.24) is 0 Å². The van der Waals surface area contributed by atoms with E-state index >= 15 is 0 Å². The molecule has 0 aliphatic carbocycles. The maximum Gasteiger partial charge on any atom is 0.335 e. The maximum atomic E-state index is 10.4. The van der Waals surface area contributed by atoms with Crippen molar-refractivity contribution in [3.05, 3.63) is 35.4 Å². The Morgan fingerprint density at radius 3 is 2.33 bits per heavy atom. The van der Waals surface area contributed by atoms with Crippen LogP contribution in [0.25, 0.3) is 0 Å². The Labute approximate surface area is 69.8 Å². The highest BCUT2D eigenvalue weighted by Gasteiger charge is 1.99. The maximum absolute atomic E-state index is 10.4. The van der Waals surface area contributed by atoms with Gasteiger partial charge in [-0.15, -0.1) is 0 Å². The third-order valence-corrected chi connectivity index (χ3v) is 1.35. The van der Waals surface area contributed by atoms with E-state index in [1.807, 2.05) is 0 Å². The molecule has 0 aliphatic rings. The summed E-state index contributed by atoms with van der Waals surface area (Å²) < 4.78 is 0. The number of hydrogen-bond acceptors (Lipinski definition) is 2. The van der Waals surface area contributed by atoms with Gasteiger partial charge in [-0.05, 0) is 30.2 Å². The molecule has 0 saturated heterocycles. The van der Waals surface area contributed by atoms with E-state index in [1.165, 1.54) is 12.1 Å². The van der Waals surface area contributed by atoms with Gasteiger partial charge in [0.15, 0.2) is 0 Å². The lowest BCUT2D eigenvalue weighted by Crippen LogP contribution is -1.95. The fraction of sp³-hybridized carbons (Fsp3) is 0. The average molecular weight is 161 g/mol. The first-order valence-corrected chi connectivity index (χ1v) is 3.29. The van der Waals surface area contributed by atoms with Gasteiger partial charge < -0.3 is 10.8 Å².